The molecule has 0 aromatic heterocycles. The van der Waals surface area contributed by atoms with Crippen molar-refractivity contribution in [2.75, 3.05) is 13.2 Å². The number of carbonyl (C=O) groups is 2. The summed E-state index contributed by atoms with van der Waals surface area (Å²) in [6.45, 7) is 4.93. The molecule has 0 heterocycles. The minimum absolute atomic E-state index is 0.00801. The Bertz CT molecular complexity index is 1170. The van der Waals surface area contributed by atoms with Crippen molar-refractivity contribution in [3.8, 4) is 0 Å². The molecule has 6 nitrogen and oxygen atoms in total. The maximum Gasteiger partial charge on any atom is 0.305 e. The minimum Gasteiger partial charge on any atom is -0.466 e. The van der Waals surface area contributed by atoms with E-state index in [1.807, 2.05) is 6.08 Å². The number of carbonyl (C=O) groups excluding carboxylic acids is 2. The monoisotopic (exact) mass is 1060 g/mol. The summed E-state index contributed by atoms with van der Waals surface area (Å²) in [6, 6.07) is -0.627. The summed E-state index contributed by atoms with van der Waals surface area (Å²) in [5.74, 6) is -0.0548. The second-order valence-electron chi connectivity index (χ2n) is 23.5. The lowest BCUT2D eigenvalue weighted by atomic mass is 10.0. The van der Waals surface area contributed by atoms with Gasteiger partial charge < -0.3 is 20.3 Å². The Morgan fingerprint density at radius 1 is 0.360 bits per heavy atom. The van der Waals surface area contributed by atoms with Crippen molar-refractivity contribution in [2.45, 2.75) is 392 Å². The Hall–Kier alpha value is -1.66. The van der Waals surface area contributed by atoms with Crippen molar-refractivity contribution in [1.29, 1.82) is 0 Å². The van der Waals surface area contributed by atoms with Crippen molar-refractivity contribution in [1.82, 2.24) is 5.32 Å². The third-order valence-electron chi connectivity index (χ3n) is 16.0. The number of allylic oxidation sites excluding steroid dienone is 3. The number of unbranched alkanes of at least 4 members (excludes halogenated alkanes) is 51. The number of rotatable bonds is 64. The van der Waals surface area contributed by atoms with Crippen molar-refractivity contribution >= 4 is 11.9 Å². The quantitative estimate of drug-likeness (QED) is 0.0320. The SMILES string of the molecule is CCCCCCC/C=C\CCCCCCCC(=O)OCCCCCCCCCCCCCCCCCCCCCCCCCCCC(=O)NC(CO)C(O)/C=C/CCCCCCCCCCCCCCCCCCC. The first-order valence-corrected chi connectivity index (χ1v) is 34.1. The van der Waals surface area contributed by atoms with Crippen LogP contribution in [0.15, 0.2) is 24.3 Å². The molecule has 0 aromatic rings. The van der Waals surface area contributed by atoms with Crippen LogP contribution >= 0.6 is 0 Å². The highest BCUT2D eigenvalue weighted by Crippen LogP contribution is 2.18. The van der Waals surface area contributed by atoms with E-state index in [1.54, 1.807) is 6.08 Å². The molecule has 444 valence electrons. The van der Waals surface area contributed by atoms with Crippen molar-refractivity contribution in [3.63, 3.8) is 0 Å². The van der Waals surface area contributed by atoms with Gasteiger partial charge in [0.15, 0.2) is 0 Å². The fraction of sp³-hybridized carbons (Fsp3) is 0.913. The van der Waals surface area contributed by atoms with E-state index in [4.69, 9.17) is 4.74 Å². The minimum atomic E-state index is -0.844. The summed E-state index contributed by atoms with van der Waals surface area (Å²) in [7, 11) is 0. The summed E-state index contributed by atoms with van der Waals surface area (Å²) < 4.78 is 5.48. The van der Waals surface area contributed by atoms with Gasteiger partial charge >= 0.3 is 5.97 Å². The molecule has 6 heteroatoms. The Labute approximate surface area is 469 Å². The largest absolute Gasteiger partial charge is 0.466 e. The maximum absolute atomic E-state index is 12.5. The van der Waals surface area contributed by atoms with Gasteiger partial charge in [0.1, 0.15) is 0 Å². The van der Waals surface area contributed by atoms with Gasteiger partial charge in [-0.3, -0.25) is 9.59 Å². The molecular weight excluding hydrogens is 923 g/mol. The van der Waals surface area contributed by atoms with E-state index in [0.29, 0.717) is 19.4 Å². The van der Waals surface area contributed by atoms with Crippen LogP contribution in [0.2, 0.25) is 0 Å². The van der Waals surface area contributed by atoms with Gasteiger partial charge in [0.25, 0.3) is 0 Å². The second-order valence-corrected chi connectivity index (χ2v) is 23.5. The van der Waals surface area contributed by atoms with Crippen LogP contribution in [0.3, 0.4) is 0 Å². The Balaban J connectivity index is 3.39. The van der Waals surface area contributed by atoms with E-state index in [0.717, 1.165) is 44.9 Å². The van der Waals surface area contributed by atoms with Gasteiger partial charge in [-0.1, -0.05) is 334 Å². The molecule has 75 heavy (non-hydrogen) atoms. The van der Waals surface area contributed by atoms with Crippen LogP contribution in [-0.4, -0.2) is 47.4 Å². The smallest absolute Gasteiger partial charge is 0.305 e. The van der Waals surface area contributed by atoms with Gasteiger partial charge in [-0.05, 0) is 57.8 Å². The number of nitrogens with one attached hydrogen (secondary N) is 1. The first-order valence-electron chi connectivity index (χ1n) is 34.1. The van der Waals surface area contributed by atoms with E-state index >= 15 is 0 Å². The second kappa shape index (κ2) is 64.9. The number of aliphatic hydroxyl groups excluding tert-OH is 2. The van der Waals surface area contributed by atoms with E-state index in [-0.39, 0.29) is 18.5 Å². The van der Waals surface area contributed by atoms with Gasteiger partial charge in [0.2, 0.25) is 5.91 Å². The molecule has 0 spiro atoms. The predicted molar refractivity (Wildman–Crippen MR) is 329 cm³/mol. The molecule has 3 N–H and O–H groups in total. The molecule has 0 bridgehead atoms. The normalized spacial score (nSPS) is 12.6. The standard InChI is InChI=1S/C69H133NO5/c1-3-5-7-9-11-13-15-17-19-20-28-31-34-37-41-45-49-53-57-61-67(72)66(65-71)70-68(73)62-58-54-50-46-42-38-35-32-29-26-24-22-21-23-25-27-30-33-36-40-44-48-52-56-60-64-75-69(74)63-59-55-51-47-43-39-18-16-14-12-10-8-6-4-2/h16,18,57,61,66-67,71-72H,3-15,17,19-56,58-60,62-65H2,1-2H3,(H,70,73)/b18-16-,61-57+. The third kappa shape index (κ3) is 61.4. The highest BCUT2D eigenvalue weighted by molar-refractivity contribution is 5.76. The molecular formula is C69H133NO5. The molecule has 0 aliphatic heterocycles. The number of amides is 1. The van der Waals surface area contributed by atoms with Gasteiger partial charge in [-0.25, -0.2) is 0 Å². The average Bonchev–Trinajstić information content (AvgIpc) is 3.41. The van der Waals surface area contributed by atoms with Crippen molar-refractivity contribution < 1.29 is 24.5 Å². The number of ether oxygens (including phenoxy) is 1. The lowest BCUT2D eigenvalue weighted by Gasteiger charge is -2.20. The van der Waals surface area contributed by atoms with Crippen molar-refractivity contribution in [2.24, 2.45) is 0 Å². The first-order chi connectivity index (χ1) is 37.0. The van der Waals surface area contributed by atoms with E-state index in [9.17, 15) is 19.8 Å². The highest BCUT2D eigenvalue weighted by Gasteiger charge is 2.18. The van der Waals surface area contributed by atoms with Crippen molar-refractivity contribution in [3.05, 3.63) is 24.3 Å². The molecule has 0 aliphatic rings. The average molecular weight is 1060 g/mol. The number of esters is 1. The van der Waals surface area contributed by atoms with Gasteiger partial charge in [0.05, 0.1) is 25.4 Å². The number of aliphatic hydroxyl groups is 2. The van der Waals surface area contributed by atoms with Gasteiger partial charge in [-0.15, -0.1) is 0 Å². The third-order valence-corrected chi connectivity index (χ3v) is 16.0. The summed E-state index contributed by atoms with van der Waals surface area (Å²) in [5.41, 5.74) is 0. The molecule has 1 amide bonds. The van der Waals surface area contributed by atoms with Crippen LogP contribution in [0.1, 0.15) is 380 Å². The van der Waals surface area contributed by atoms with Gasteiger partial charge in [-0.2, -0.15) is 0 Å². The lowest BCUT2D eigenvalue weighted by molar-refractivity contribution is -0.143. The Kier molecular flexibility index (Phi) is 63.4. The topological polar surface area (TPSA) is 95.9 Å². The molecule has 2 unspecified atom stereocenters. The molecule has 0 saturated carbocycles. The number of hydrogen-bond acceptors (Lipinski definition) is 5. The fourth-order valence-corrected chi connectivity index (χ4v) is 10.7. The van der Waals surface area contributed by atoms with Crippen LogP contribution < -0.4 is 5.32 Å². The zero-order chi connectivity index (χ0) is 54.3. The summed E-state index contributed by atoms with van der Waals surface area (Å²) in [4.78, 5) is 24.6. The van der Waals surface area contributed by atoms with E-state index in [1.165, 1.54) is 308 Å². The maximum atomic E-state index is 12.5. The Morgan fingerprint density at radius 2 is 0.627 bits per heavy atom. The molecule has 0 fully saturated rings. The lowest BCUT2D eigenvalue weighted by Crippen LogP contribution is -2.45. The molecule has 0 rings (SSSR count). The molecule has 0 aromatic carbocycles. The fourth-order valence-electron chi connectivity index (χ4n) is 10.7. The van der Waals surface area contributed by atoms with Crippen LogP contribution in [0, 0.1) is 0 Å². The van der Waals surface area contributed by atoms with E-state index < -0.39 is 12.1 Å². The first kappa shape index (κ1) is 73.3. The zero-order valence-corrected chi connectivity index (χ0v) is 50.8. The van der Waals surface area contributed by atoms with E-state index in [2.05, 4.69) is 31.3 Å². The molecule has 0 aliphatic carbocycles. The van der Waals surface area contributed by atoms with Crippen LogP contribution in [-0.2, 0) is 14.3 Å². The molecule has 2 atom stereocenters. The van der Waals surface area contributed by atoms with Crippen LogP contribution in [0.5, 0.6) is 0 Å². The van der Waals surface area contributed by atoms with Gasteiger partial charge in [0, 0.05) is 12.8 Å². The molecule has 0 radical (unpaired) electrons. The van der Waals surface area contributed by atoms with Crippen LogP contribution in [0.4, 0.5) is 0 Å². The summed E-state index contributed by atoms with van der Waals surface area (Å²) in [6.07, 6.45) is 81.0. The van der Waals surface area contributed by atoms with Crippen LogP contribution in [0.25, 0.3) is 0 Å². The zero-order valence-electron chi connectivity index (χ0n) is 50.8. The predicted octanol–water partition coefficient (Wildman–Crippen LogP) is 21.8. The highest BCUT2D eigenvalue weighted by atomic mass is 16.5. The number of hydrogen-bond donors (Lipinski definition) is 3. The Morgan fingerprint density at radius 3 is 0.947 bits per heavy atom. The summed E-state index contributed by atoms with van der Waals surface area (Å²) in [5, 5.41) is 23.2. The molecule has 0 saturated heterocycles. The summed E-state index contributed by atoms with van der Waals surface area (Å²) >= 11 is 0.